The van der Waals surface area contributed by atoms with Gasteiger partial charge < -0.3 is 5.73 Å². The molecule has 0 aromatic heterocycles. The maximum Gasteiger partial charge on any atom is 0.0968 e. The van der Waals surface area contributed by atoms with E-state index in [-0.39, 0.29) is 0 Å². The summed E-state index contributed by atoms with van der Waals surface area (Å²) in [6.45, 7) is 3.17. The standard InChI is InChI=1S/C10H20N2/c1-2-3-4-5-8-12-10(11)9-6-7-9/h9H,2-8H2,1H3,(H2,11,12). The predicted octanol–water partition coefficient (Wildman–Crippen LogP) is 2.33. The molecule has 0 radical (unpaired) electrons. The number of hydrogen-bond acceptors (Lipinski definition) is 1. The normalized spacial score (nSPS) is 18.2. The summed E-state index contributed by atoms with van der Waals surface area (Å²) >= 11 is 0. The molecular weight excluding hydrogens is 148 g/mol. The van der Waals surface area contributed by atoms with Crippen molar-refractivity contribution in [3.8, 4) is 0 Å². The lowest BCUT2D eigenvalue weighted by atomic mass is 10.2. The Balaban J connectivity index is 1.96. The quantitative estimate of drug-likeness (QED) is 0.369. The molecule has 1 fully saturated rings. The van der Waals surface area contributed by atoms with E-state index < -0.39 is 0 Å². The van der Waals surface area contributed by atoms with Gasteiger partial charge in [-0.15, -0.1) is 0 Å². The first-order valence-corrected chi connectivity index (χ1v) is 5.14. The van der Waals surface area contributed by atoms with Gasteiger partial charge in [-0.2, -0.15) is 0 Å². The van der Waals surface area contributed by atoms with Gasteiger partial charge in [-0.3, -0.25) is 4.99 Å². The molecule has 0 aromatic rings. The zero-order valence-corrected chi connectivity index (χ0v) is 8.05. The number of rotatable bonds is 6. The van der Waals surface area contributed by atoms with E-state index >= 15 is 0 Å². The molecule has 1 saturated carbocycles. The lowest BCUT2D eigenvalue weighted by Gasteiger charge is -1.97. The Bertz CT molecular complexity index is 148. The molecule has 0 spiro atoms. The summed E-state index contributed by atoms with van der Waals surface area (Å²) in [7, 11) is 0. The van der Waals surface area contributed by atoms with Crippen LogP contribution in [0.15, 0.2) is 4.99 Å². The molecule has 0 unspecified atom stereocenters. The molecule has 70 valence electrons. The maximum absolute atomic E-state index is 5.74. The number of hydrogen-bond donors (Lipinski definition) is 1. The van der Waals surface area contributed by atoms with Gasteiger partial charge in [-0.25, -0.2) is 0 Å². The Hall–Kier alpha value is -0.530. The number of unbranched alkanes of at least 4 members (excludes halogenated alkanes) is 3. The molecule has 0 bridgehead atoms. The molecule has 1 aliphatic carbocycles. The van der Waals surface area contributed by atoms with Crippen LogP contribution < -0.4 is 5.73 Å². The van der Waals surface area contributed by atoms with E-state index in [0.29, 0.717) is 5.92 Å². The Labute approximate surface area is 75.3 Å². The fourth-order valence-electron chi connectivity index (χ4n) is 1.25. The van der Waals surface area contributed by atoms with E-state index in [4.69, 9.17) is 5.73 Å². The van der Waals surface area contributed by atoms with Crippen LogP contribution in [0.5, 0.6) is 0 Å². The van der Waals surface area contributed by atoms with Crippen molar-refractivity contribution in [3.63, 3.8) is 0 Å². The van der Waals surface area contributed by atoms with Gasteiger partial charge in [0.2, 0.25) is 0 Å². The van der Waals surface area contributed by atoms with Crippen LogP contribution >= 0.6 is 0 Å². The Kier molecular flexibility index (Phi) is 4.12. The number of amidine groups is 1. The summed E-state index contributed by atoms with van der Waals surface area (Å²) in [6, 6.07) is 0. The second-order valence-corrected chi connectivity index (χ2v) is 3.64. The molecule has 0 atom stereocenters. The zero-order chi connectivity index (χ0) is 8.81. The average molecular weight is 168 g/mol. The van der Waals surface area contributed by atoms with Crippen molar-refractivity contribution in [2.45, 2.75) is 45.4 Å². The van der Waals surface area contributed by atoms with Crippen LogP contribution in [-0.2, 0) is 0 Å². The van der Waals surface area contributed by atoms with Crippen molar-refractivity contribution in [3.05, 3.63) is 0 Å². The lowest BCUT2D eigenvalue weighted by Crippen LogP contribution is -2.14. The van der Waals surface area contributed by atoms with Gasteiger partial charge in [0.1, 0.15) is 0 Å². The first kappa shape index (κ1) is 9.56. The van der Waals surface area contributed by atoms with E-state index in [2.05, 4.69) is 11.9 Å². The SMILES string of the molecule is CCCCCCN=C(N)C1CC1. The average Bonchev–Trinajstić information content (AvgIpc) is 2.86. The number of nitrogens with zero attached hydrogens (tertiary/aromatic N) is 1. The topological polar surface area (TPSA) is 38.4 Å². The van der Waals surface area contributed by atoms with E-state index in [0.717, 1.165) is 12.4 Å². The highest BCUT2D eigenvalue weighted by Gasteiger charge is 2.24. The summed E-state index contributed by atoms with van der Waals surface area (Å²) in [6.07, 6.45) is 7.68. The van der Waals surface area contributed by atoms with E-state index in [1.165, 1.54) is 38.5 Å². The van der Waals surface area contributed by atoms with Gasteiger partial charge in [0.25, 0.3) is 0 Å². The Morgan fingerprint density at radius 1 is 1.33 bits per heavy atom. The van der Waals surface area contributed by atoms with Gasteiger partial charge in [0.05, 0.1) is 5.84 Å². The third kappa shape index (κ3) is 3.74. The van der Waals surface area contributed by atoms with Gasteiger partial charge in [0, 0.05) is 12.5 Å². The van der Waals surface area contributed by atoms with Crippen molar-refractivity contribution in [2.24, 2.45) is 16.6 Å². The molecule has 0 aliphatic heterocycles. The summed E-state index contributed by atoms with van der Waals surface area (Å²) in [4.78, 5) is 4.35. The largest absolute Gasteiger partial charge is 0.387 e. The molecule has 0 saturated heterocycles. The molecule has 2 N–H and O–H groups in total. The second kappa shape index (κ2) is 5.18. The second-order valence-electron chi connectivity index (χ2n) is 3.64. The van der Waals surface area contributed by atoms with E-state index in [1.54, 1.807) is 0 Å². The molecule has 0 amide bonds. The summed E-state index contributed by atoms with van der Waals surface area (Å²) in [5.41, 5.74) is 5.74. The van der Waals surface area contributed by atoms with Gasteiger partial charge in [-0.1, -0.05) is 26.2 Å². The first-order valence-electron chi connectivity index (χ1n) is 5.14. The molecule has 2 heteroatoms. The van der Waals surface area contributed by atoms with Gasteiger partial charge >= 0.3 is 0 Å². The Morgan fingerprint density at radius 3 is 2.67 bits per heavy atom. The molecule has 2 nitrogen and oxygen atoms in total. The highest BCUT2D eigenvalue weighted by atomic mass is 14.9. The minimum absolute atomic E-state index is 0.649. The van der Waals surface area contributed by atoms with Gasteiger partial charge in [-0.05, 0) is 19.3 Å². The minimum atomic E-state index is 0.649. The molecule has 1 aliphatic rings. The fourth-order valence-corrected chi connectivity index (χ4v) is 1.25. The number of aliphatic imine (C=N–C) groups is 1. The molecule has 12 heavy (non-hydrogen) atoms. The van der Waals surface area contributed by atoms with Gasteiger partial charge in [0.15, 0.2) is 0 Å². The summed E-state index contributed by atoms with van der Waals surface area (Å²) in [5, 5.41) is 0. The van der Waals surface area contributed by atoms with Crippen LogP contribution in [0.25, 0.3) is 0 Å². The van der Waals surface area contributed by atoms with Crippen LogP contribution in [0.4, 0.5) is 0 Å². The monoisotopic (exact) mass is 168 g/mol. The molecular formula is C10H20N2. The lowest BCUT2D eigenvalue weighted by molar-refractivity contribution is 0.674. The van der Waals surface area contributed by atoms with E-state index in [9.17, 15) is 0 Å². The fraction of sp³-hybridized carbons (Fsp3) is 0.900. The smallest absolute Gasteiger partial charge is 0.0968 e. The zero-order valence-electron chi connectivity index (χ0n) is 8.05. The van der Waals surface area contributed by atoms with Crippen molar-refractivity contribution in [1.82, 2.24) is 0 Å². The van der Waals surface area contributed by atoms with Crippen molar-refractivity contribution >= 4 is 5.84 Å². The van der Waals surface area contributed by atoms with Crippen LogP contribution in [0.1, 0.15) is 45.4 Å². The third-order valence-corrected chi connectivity index (χ3v) is 2.30. The van der Waals surface area contributed by atoms with Crippen molar-refractivity contribution in [1.29, 1.82) is 0 Å². The van der Waals surface area contributed by atoms with Crippen molar-refractivity contribution in [2.75, 3.05) is 6.54 Å². The van der Waals surface area contributed by atoms with E-state index in [1.807, 2.05) is 0 Å². The Morgan fingerprint density at radius 2 is 2.08 bits per heavy atom. The summed E-state index contributed by atoms with van der Waals surface area (Å²) < 4.78 is 0. The van der Waals surface area contributed by atoms with Crippen LogP contribution in [0, 0.1) is 5.92 Å². The van der Waals surface area contributed by atoms with Crippen molar-refractivity contribution < 1.29 is 0 Å². The first-order chi connectivity index (χ1) is 5.84. The molecule has 1 rings (SSSR count). The highest BCUT2D eigenvalue weighted by Crippen LogP contribution is 2.28. The third-order valence-electron chi connectivity index (χ3n) is 2.30. The van der Waals surface area contributed by atoms with Crippen LogP contribution in [0.3, 0.4) is 0 Å². The van der Waals surface area contributed by atoms with Crippen LogP contribution in [-0.4, -0.2) is 12.4 Å². The maximum atomic E-state index is 5.74. The highest BCUT2D eigenvalue weighted by molar-refractivity contribution is 5.84. The predicted molar refractivity (Wildman–Crippen MR) is 53.4 cm³/mol. The summed E-state index contributed by atoms with van der Waals surface area (Å²) in [5.74, 6) is 1.56. The molecule has 0 heterocycles. The molecule has 0 aromatic carbocycles. The minimum Gasteiger partial charge on any atom is -0.387 e. The van der Waals surface area contributed by atoms with Crippen LogP contribution in [0.2, 0.25) is 0 Å². The number of nitrogens with two attached hydrogens (primary N) is 1.